The first-order chi connectivity index (χ1) is 16.3. The van der Waals surface area contributed by atoms with Gasteiger partial charge in [0.1, 0.15) is 5.82 Å². The number of fused-ring (bicyclic) bond motifs is 3. The second-order valence-electron chi connectivity index (χ2n) is 8.68. The molecule has 4 heterocycles. The quantitative estimate of drug-likeness (QED) is 0.442. The van der Waals surface area contributed by atoms with Gasteiger partial charge >= 0.3 is 5.69 Å². The van der Waals surface area contributed by atoms with E-state index in [2.05, 4.69) is 27.4 Å². The van der Waals surface area contributed by atoms with Crippen LogP contribution < -0.4 is 15.9 Å². The number of aryl methyl sites for hydroxylation is 3. The number of benzene rings is 1. The molecule has 0 bridgehead atoms. The summed E-state index contributed by atoms with van der Waals surface area (Å²) >= 11 is 0. The zero-order valence-electron chi connectivity index (χ0n) is 20.2. The Kier molecular flexibility index (Phi) is 5.08. The monoisotopic (exact) mass is 453 g/mol. The summed E-state index contributed by atoms with van der Waals surface area (Å²) in [7, 11) is 7.57. The molecule has 1 aromatic carbocycles. The molecule has 172 valence electrons. The lowest BCUT2D eigenvalue weighted by Gasteiger charge is -2.14. The molecule has 0 aliphatic heterocycles. The molecule has 0 saturated carbocycles. The third kappa shape index (κ3) is 3.30. The van der Waals surface area contributed by atoms with Crippen molar-refractivity contribution in [1.29, 1.82) is 0 Å². The molecule has 4 aromatic heterocycles. The minimum Gasteiger partial charge on any atom is -0.387 e. The van der Waals surface area contributed by atoms with E-state index >= 15 is 0 Å². The van der Waals surface area contributed by atoms with Crippen LogP contribution in [0.3, 0.4) is 0 Å². The third-order valence-corrected chi connectivity index (χ3v) is 6.32. The predicted molar refractivity (Wildman–Crippen MR) is 138 cm³/mol. The summed E-state index contributed by atoms with van der Waals surface area (Å²) in [5.41, 5.74) is 7.73. The summed E-state index contributed by atoms with van der Waals surface area (Å²) in [5.74, 6) is 0.843. The zero-order valence-corrected chi connectivity index (χ0v) is 20.2. The lowest BCUT2D eigenvalue weighted by Crippen LogP contribution is -2.22. The highest BCUT2D eigenvalue weighted by Crippen LogP contribution is 2.31. The van der Waals surface area contributed by atoms with E-state index in [0.717, 1.165) is 61.6 Å². The maximum atomic E-state index is 13.4. The van der Waals surface area contributed by atoms with Crippen LogP contribution in [0, 0.1) is 13.8 Å². The molecule has 8 heteroatoms. The van der Waals surface area contributed by atoms with Gasteiger partial charge in [-0.2, -0.15) is 0 Å². The van der Waals surface area contributed by atoms with Gasteiger partial charge in [-0.25, -0.2) is 9.78 Å². The van der Waals surface area contributed by atoms with E-state index in [-0.39, 0.29) is 5.69 Å². The lowest BCUT2D eigenvalue weighted by atomic mass is 10.0. The van der Waals surface area contributed by atoms with Crippen LogP contribution in [-0.2, 0) is 7.05 Å². The van der Waals surface area contributed by atoms with E-state index in [1.54, 1.807) is 22.4 Å². The Balaban J connectivity index is 1.82. The number of imidazole rings is 1. The molecule has 0 saturated heterocycles. The molecule has 5 aromatic rings. The molecule has 5 rings (SSSR count). The van der Waals surface area contributed by atoms with Crippen LogP contribution in [0.1, 0.15) is 11.4 Å². The van der Waals surface area contributed by atoms with E-state index in [4.69, 9.17) is 4.98 Å². The smallest absolute Gasteiger partial charge is 0.333 e. The van der Waals surface area contributed by atoms with Gasteiger partial charge in [0.25, 0.3) is 0 Å². The second-order valence-corrected chi connectivity index (χ2v) is 8.68. The average molecular weight is 454 g/mol. The fraction of sp³-hybridized carbons (Fsp3) is 0.231. The number of hydrogen-bond donors (Lipinski definition) is 1. The van der Waals surface area contributed by atoms with Crippen LogP contribution >= 0.6 is 0 Å². The fourth-order valence-corrected chi connectivity index (χ4v) is 4.37. The fourth-order valence-electron chi connectivity index (χ4n) is 4.37. The number of nitrogens with zero attached hydrogens (tertiary/aromatic N) is 6. The highest BCUT2D eigenvalue weighted by molar-refractivity contribution is 6.04. The molecule has 0 aliphatic rings. The lowest BCUT2D eigenvalue weighted by molar-refractivity contribution is 0.839. The van der Waals surface area contributed by atoms with Gasteiger partial charge in [-0.1, -0.05) is 6.07 Å². The first-order valence-corrected chi connectivity index (χ1v) is 11.1. The molecule has 0 radical (unpaired) electrons. The Bertz CT molecular complexity index is 1630. The number of aromatic nitrogens is 5. The number of hydrogen-bond acceptors (Lipinski definition) is 6. The second kappa shape index (κ2) is 7.98. The summed E-state index contributed by atoms with van der Waals surface area (Å²) in [6.07, 6.45) is 3.63. The molecular formula is C26H27N7O. The van der Waals surface area contributed by atoms with E-state index < -0.39 is 0 Å². The van der Waals surface area contributed by atoms with Crippen LogP contribution in [0.4, 0.5) is 11.5 Å². The van der Waals surface area contributed by atoms with Crippen molar-refractivity contribution >= 4 is 33.4 Å². The molecule has 0 unspecified atom stereocenters. The molecular weight excluding hydrogens is 426 g/mol. The van der Waals surface area contributed by atoms with Crippen molar-refractivity contribution in [1.82, 2.24) is 24.1 Å². The summed E-state index contributed by atoms with van der Waals surface area (Å²) < 4.78 is 3.39. The summed E-state index contributed by atoms with van der Waals surface area (Å²) in [5, 5.41) is 4.10. The first kappa shape index (κ1) is 21.6. The van der Waals surface area contributed by atoms with Gasteiger partial charge in [0, 0.05) is 45.3 Å². The number of rotatable bonds is 4. The normalized spacial score (nSPS) is 11.4. The maximum absolute atomic E-state index is 13.4. The van der Waals surface area contributed by atoms with Crippen molar-refractivity contribution in [3.63, 3.8) is 0 Å². The molecule has 8 nitrogen and oxygen atoms in total. The third-order valence-electron chi connectivity index (χ3n) is 6.32. The average Bonchev–Trinajstić information content (AvgIpc) is 3.09. The Morgan fingerprint density at radius 1 is 0.941 bits per heavy atom. The Morgan fingerprint density at radius 3 is 2.44 bits per heavy atom. The van der Waals surface area contributed by atoms with Crippen molar-refractivity contribution in [3.05, 3.63) is 70.7 Å². The Hall–Kier alpha value is -4.20. The van der Waals surface area contributed by atoms with Crippen LogP contribution in [0.2, 0.25) is 0 Å². The van der Waals surface area contributed by atoms with E-state index in [9.17, 15) is 4.79 Å². The summed E-state index contributed by atoms with van der Waals surface area (Å²) in [6, 6.07) is 12.1. The Labute approximate surface area is 197 Å². The topological polar surface area (TPSA) is 80.9 Å². The van der Waals surface area contributed by atoms with Gasteiger partial charge in [-0.15, -0.1) is 0 Å². The number of anilines is 2. The van der Waals surface area contributed by atoms with Gasteiger partial charge in [-0.3, -0.25) is 19.1 Å². The SMILES string of the molecule is CNc1cc(-c2ccc3ncc4c(c3c2)n(-c2ccc(N(C)C)nc2C)c(=O)n4C)cnc1C. The van der Waals surface area contributed by atoms with Crippen molar-refractivity contribution < 1.29 is 0 Å². The molecule has 34 heavy (non-hydrogen) atoms. The van der Waals surface area contributed by atoms with E-state index in [1.165, 1.54) is 0 Å². The Morgan fingerprint density at radius 2 is 1.74 bits per heavy atom. The first-order valence-electron chi connectivity index (χ1n) is 11.1. The van der Waals surface area contributed by atoms with Crippen LogP contribution in [0.15, 0.2) is 53.6 Å². The standard InChI is InChI=1S/C26H27N7O/c1-15-21(27-3)12-18(13-28-15)17-7-8-20-19(11-17)25-23(14-29-20)32(6)26(34)33(25)22-9-10-24(31(4)5)30-16(22)2/h7-14,27H,1-6H3. The summed E-state index contributed by atoms with van der Waals surface area (Å²) in [6.45, 7) is 3.91. The molecule has 0 amide bonds. The van der Waals surface area contributed by atoms with Gasteiger partial charge in [0.05, 0.1) is 45.5 Å². The molecule has 1 N–H and O–H groups in total. The van der Waals surface area contributed by atoms with E-state index in [0.29, 0.717) is 0 Å². The van der Waals surface area contributed by atoms with Crippen LogP contribution in [0.5, 0.6) is 0 Å². The van der Waals surface area contributed by atoms with Crippen molar-refractivity contribution in [2.45, 2.75) is 13.8 Å². The highest BCUT2D eigenvalue weighted by atomic mass is 16.1. The minimum absolute atomic E-state index is 0.133. The molecule has 0 atom stereocenters. The summed E-state index contributed by atoms with van der Waals surface area (Å²) in [4.78, 5) is 29.2. The van der Waals surface area contributed by atoms with Crippen LogP contribution in [-0.4, -0.2) is 45.2 Å². The maximum Gasteiger partial charge on any atom is 0.333 e. The van der Waals surface area contributed by atoms with Crippen LogP contribution in [0.25, 0.3) is 38.8 Å². The number of nitrogens with one attached hydrogen (secondary N) is 1. The molecule has 0 aliphatic carbocycles. The van der Waals surface area contributed by atoms with Gasteiger partial charge in [-0.05, 0) is 49.7 Å². The number of pyridine rings is 3. The van der Waals surface area contributed by atoms with Crippen molar-refractivity contribution in [2.24, 2.45) is 7.05 Å². The predicted octanol–water partition coefficient (Wildman–Crippen LogP) is 4.06. The van der Waals surface area contributed by atoms with Gasteiger partial charge in [0.15, 0.2) is 0 Å². The van der Waals surface area contributed by atoms with Gasteiger partial charge in [0.2, 0.25) is 0 Å². The van der Waals surface area contributed by atoms with Gasteiger partial charge < -0.3 is 10.2 Å². The zero-order chi connectivity index (χ0) is 24.1. The van der Waals surface area contributed by atoms with Crippen molar-refractivity contribution in [2.75, 3.05) is 31.4 Å². The highest BCUT2D eigenvalue weighted by Gasteiger charge is 2.19. The largest absolute Gasteiger partial charge is 0.387 e. The minimum atomic E-state index is -0.133. The van der Waals surface area contributed by atoms with Crippen molar-refractivity contribution in [3.8, 4) is 16.8 Å². The molecule has 0 spiro atoms. The van der Waals surface area contributed by atoms with E-state index in [1.807, 2.05) is 70.4 Å². The molecule has 0 fully saturated rings.